The molecule has 0 spiro atoms. The molecule has 1 aliphatic rings. The van der Waals surface area contributed by atoms with Gasteiger partial charge in [0.05, 0.1) is 19.5 Å². The van der Waals surface area contributed by atoms with Crippen molar-refractivity contribution in [3.05, 3.63) is 54.1 Å². The lowest BCUT2D eigenvalue weighted by molar-refractivity contribution is -0.129. The third-order valence-corrected chi connectivity index (χ3v) is 6.91. The smallest absolute Gasteiger partial charge is 0.277 e. The van der Waals surface area contributed by atoms with Crippen molar-refractivity contribution in [1.82, 2.24) is 15.1 Å². The fourth-order valence-electron chi connectivity index (χ4n) is 4.09. The van der Waals surface area contributed by atoms with Gasteiger partial charge < -0.3 is 18.8 Å². The maximum Gasteiger partial charge on any atom is 0.277 e. The molecule has 0 saturated carbocycles. The number of carbonyl (C=O) groups is 1. The number of carbonyl (C=O) groups excluding carboxylic acids is 1. The molecule has 3 aromatic rings. The van der Waals surface area contributed by atoms with Crippen molar-refractivity contribution >= 4 is 17.7 Å². The molecule has 180 valence electrons. The normalized spacial score (nSPS) is 14.2. The van der Waals surface area contributed by atoms with Crippen LogP contribution in [0.1, 0.15) is 31.7 Å². The van der Waals surface area contributed by atoms with Crippen LogP contribution < -0.4 is 9.47 Å². The van der Waals surface area contributed by atoms with E-state index in [2.05, 4.69) is 22.3 Å². The summed E-state index contributed by atoms with van der Waals surface area (Å²) in [5.74, 6) is 3.22. The summed E-state index contributed by atoms with van der Waals surface area (Å²) in [5.41, 5.74) is 2.16. The summed E-state index contributed by atoms with van der Waals surface area (Å²) < 4.78 is 16.4. The van der Waals surface area contributed by atoms with Crippen LogP contribution in [0.2, 0.25) is 0 Å². The fraction of sp³-hybridized carbons (Fsp3) is 0.423. The molecule has 8 heteroatoms. The number of aryl methyl sites for hydroxylation is 1. The monoisotopic (exact) mass is 481 g/mol. The molecule has 2 heterocycles. The molecule has 0 atom stereocenters. The average molecular weight is 482 g/mol. The minimum atomic E-state index is 0.124. The summed E-state index contributed by atoms with van der Waals surface area (Å²) in [6, 6.07) is 15.8. The van der Waals surface area contributed by atoms with Crippen LogP contribution in [0.5, 0.6) is 11.5 Å². The molecule has 1 aliphatic heterocycles. The lowest BCUT2D eigenvalue weighted by Crippen LogP contribution is -2.39. The quantitative estimate of drug-likeness (QED) is 0.373. The van der Waals surface area contributed by atoms with Crippen molar-refractivity contribution in [1.29, 1.82) is 0 Å². The van der Waals surface area contributed by atoms with E-state index in [1.807, 2.05) is 48.2 Å². The molecule has 0 aliphatic carbocycles. The molecule has 1 amide bonds. The largest absolute Gasteiger partial charge is 0.497 e. The van der Waals surface area contributed by atoms with Crippen molar-refractivity contribution in [2.75, 3.05) is 32.6 Å². The van der Waals surface area contributed by atoms with Gasteiger partial charge in [-0.3, -0.25) is 4.79 Å². The maximum atomic E-state index is 12.7. The lowest BCUT2D eigenvalue weighted by Gasteiger charge is -2.32. The molecule has 4 rings (SSSR count). The van der Waals surface area contributed by atoms with Gasteiger partial charge in [0, 0.05) is 18.7 Å². The molecule has 1 saturated heterocycles. The summed E-state index contributed by atoms with van der Waals surface area (Å²) in [7, 11) is 1.62. The number of hydrogen-bond acceptors (Lipinski definition) is 7. The molecule has 1 fully saturated rings. The Labute approximate surface area is 204 Å². The third-order valence-electron chi connectivity index (χ3n) is 6.11. The zero-order chi connectivity index (χ0) is 23.8. The minimum absolute atomic E-state index is 0.124. The molecule has 7 nitrogen and oxygen atoms in total. The van der Waals surface area contributed by atoms with Crippen molar-refractivity contribution < 1.29 is 18.7 Å². The highest BCUT2D eigenvalue weighted by molar-refractivity contribution is 7.99. The van der Waals surface area contributed by atoms with E-state index < -0.39 is 0 Å². The Morgan fingerprint density at radius 3 is 2.44 bits per heavy atom. The topological polar surface area (TPSA) is 77.7 Å². The SMILES string of the molecule is CCOc1ccc(CCC2CCN(C(=O)CSc3nnc(-c4ccc(OC)cc4)o3)CC2)cc1. The van der Waals surface area contributed by atoms with Gasteiger partial charge >= 0.3 is 0 Å². The van der Waals surface area contributed by atoms with Crippen molar-refractivity contribution in [2.45, 2.75) is 37.8 Å². The van der Waals surface area contributed by atoms with Gasteiger partial charge in [0.1, 0.15) is 11.5 Å². The Morgan fingerprint density at radius 2 is 1.76 bits per heavy atom. The first-order valence-corrected chi connectivity index (χ1v) is 12.7. The van der Waals surface area contributed by atoms with E-state index in [4.69, 9.17) is 13.9 Å². The van der Waals surface area contributed by atoms with Gasteiger partial charge in [-0.2, -0.15) is 0 Å². The number of nitrogens with zero attached hydrogens (tertiary/aromatic N) is 3. The Balaban J connectivity index is 1.18. The fourth-order valence-corrected chi connectivity index (χ4v) is 4.76. The number of thioether (sulfide) groups is 1. The predicted octanol–water partition coefficient (Wildman–Crippen LogP) is 5.11. The van der Waals surface area contributed by atoms with Crippen LogP contribution in [-0.4, -0.2) is 53.6 Å². The van der Waals surface area contributed by atoms with Crippen LogP contribution >= 0.6 is 11.8 Å². The van der Waals surface area contributed by atoms with Crippen LogP contribution in [0.25, 0.3) is 11.5 Å². The van der Waals surface area contributed by atoms with Gasteiger partial charge in [-0.1, -0.05) is 23.9 Å². The van der Waals surface area contributed by atoms with E-state index in [0.717, 1.165) is 55.8 Å². The van der Waals surface area contributed by atoms with Crippen molar-refractivity contribution in [3.63, 3.8) is 0 Å². The summed E-state index contributed by atoms with van der Waals surface area (Å²) in [6.45, 7) is 4.31. The van der Waals surface area contributed by atoms with E-state index in [1.165, 1.54) is 17.3 Å². The number of hydrogen-bond donors (Lipinski definition) is 0. The second-order valence-corrected chi connectivity index (χ2v) is 9.26. The highest BCUT2D eigenvalue weighted by Crippen LogP contribution is 2.27. The van der Waals surface area contributed by atoms with Gasteiger partial charge in [-0.25, -0.2) is 0 Å². The van der Waals surface area contributed by atoms with E-state index >= 15 is 0 Å². The van der Waals surface area contributed by atoms with Crippen LogP contribution in [-0.2, 0) is 11.2 Å². The molecular weight excluding hydrogens is 450 g/mol. The minimum Gasteiger partial charge on any atom is -0.497 e. The zero-order valence-electron chi connectivity index (χ0n) is 19.7. The number of methoxy groups -OCH3 is 1. The van der Waals surface area contributed by atoms with Gasteiger partial charge in [-0.15, -0.1) is 10.2 Å². The number of aromatic nitrogens is 2. The second kappa shape index (κ2) is 11.9. The molecule has 2 aromatic carbocycles. The summed E-state index contributed by atoms with van der Waals surface area (Å²) in [6.07, 6.45) is 4.32. The predicted molar refractivity (Wildman–Crippen MR) is 132 cm³/mol. The Bertz CT molecular complexity index is 1040. The summed E-state index contributed by atoms with van der Waals surface area (Å²) >= 11 is 1.29. The van der Waals surface area contributed by atoms with E-state index in [0.29, 0.717) is 29.4 Å². The molecule has 0 unspecified atom stereocenters. The van der Waals surface area contributed by atoms with E-state index in [9.17, 15) is 4.79 Å². The van der Waals surface area contributed by atoms with Crippen molar-refractivity contribution in [3.8, 4) is 23.0 Å². The van der Waals surface area contributed by atoms with Gasteiger partial charge in [0.25, 0.3) is 5.22 Å². The standard InChI is InChI=1S/C26H31N3O4S/c1-3-32-23-10-6-19(7-11-23)4-5-20-14-16-29(17-15-20)24(30)18-34-26-28-27-25(33-26)21-8-12-22(31-2)13-9-21/h6-13,20H,3-5,14-18H2,1-2H3. The first kappa shape index (κ1) is 24.1. The first-order valence-electron chi connectivity index (χ1n) is 11.7. The molecule has 0 bridgehead atoms. The number of piperidine rings is 1. The van der Waals surface area contributed by atoms with Crippen LogP contribution in [0.3, 0.4) is 0 Å². The van der Waals surface area contributed by atoms with Gasteiger partial charge in [-0.05, 0) is 80.5 Å². The van der Waals surface area contributed by atoms with Crippen LogP contribution in [0.15, 0.2) is 58.2 Å². The molecule has 0 radical (unpaired) electrons. The highest BCUT2D eigenvalue weighted by atomic mass is 32.2. The average Bonchev–Trinajstić information content (AvgIpc) is 3.36. The van der Waals surface area contributed by atoms with Crippen LogP contribution in [0.4, 0.5) is 0 Å². The van der Waals surface area contributed by atoms with Gasteiger partial charge in [0.15, 0.2) is 0 Å². The molecule has 0 N–H and O–H groups in total. The zero-order valence-corrected chi connectivity index (χ0v) is 20.6. The number of benzene rings is 2. The summed E-state index contributed by atoms with van der Waals surface area (Å²) in [5, 5.41) is 8.57. The number of likely N-dealkylation sites (tertiary alicyclic amines) is 1. The van der Waals surface area contributed by atoms with Crippen molar-refractivity contribution in [2.24, 2.45) is 5.92 Å². The molecule has 1 aromatic heterocycles. The number of ether oxygens (including phenoxy) is 2. The second-order valence-electron chi connectivity index (χ2n) is 8.33. The lowest BCUT2D eigenvalue weighted by atomic mass is 9.90. The third kappa shape index (κ3) is 6.53. The summed E-state index contributed by atoms with van der Waals surface area (Å²) in [4.78, 5) is 14.6. The van der Waals surface area contributed by atoms with E-state index in [-0.39, 0.29) is 5.91 Å². The highest BCUT2D eigenvalue weighted by Gasteiger charge is 2.23. The number of rotatable bonds is 10. The maximum absolute atomic E-state index is 12.7. The Kier molecular flexibility index (Phi) is 8.46. The Hall–Kier alpha value is -3.00. The number of amides is 1. The van der Waals surface area contributed by atoms with E-state index in [1.54, 1.807) is 7.11 Å². The Morgan fingerprint density at radius 1 is 1.06 bits per heavy atom. The molecular formula is C26H31N3O4S. The van der Waals surface area contributed by atoms with Gasteiger partial charge in [0.2, 0.25) is 11.8 Å². The van der Waals surface area contributed by atoms with Crippen LogP contribution in [0, 0.1) is 5.92 Å². The molecule has 34 heavy (non-hydrogen) atoms. The first-order chi connectivity index (χ1) is 16.6.